The highest BCUT2D eigenvalue weighted by Gasteiger charge is 2.14. The molecular weight excluding hydrogens is 358 g/mol. The molecule has 28 heavy (non-hydrogen) atoms. The third-order valence-electron chi connectivity index (χ3n) is 4.69. The number of ether oxygens (including phenoxy) is 2. The predicted octanol–water partition coefficient (Wildman–Crippen LogP) is 3.19. The van der Waals surface area contributed by atoms with Crippen LogP contribution in [0.5, 0.6) is 11.5 Å². The zero-order valence-electron chi connectivity index (χ0n) is 16.8. The average molecular weight is 389 g/mol. The fraction of sp³-hybridized carbons (Fsp3) is 0.571. The van der Waals surface area contributed by atoms with E-state index in [4.69, 9.17) is 9.47 Å². The summed E-state index contributed by atoms with van der Waals surface area (Å²) in [7, 11) is 1.59. The van der Waals surface area contributed by atoms with Gasteiger partial charge in [-0.25, -0.2) is 5.43 Å². The summed E-state index contributed by atoms with van der Waals surface area (Å²) in [5.41, 5.74) is 2.98. The first kappa shape index (κ1) is 21.7. The van der Waals surface area contributed by atoms with E-state index >= 15 is 0 Å². The Hall–Kier alpha value is -2.57. The van der Waals surface area contributed by atoms with E-state index in [2.05, 4.69) is 15.8 Å². The van der Waals surface area contributed by atoms with Crippen molar-refractivity contribution in [3.63, 3.8) is 0 Å². The van der Waals surface area contributed by atoms with Crippen molar-refractivity contribution in [2.45, 2.75) is 64.3 Å². The number of hydrazone groups is 1. The highest BCUT2D eigenvalue weighted by molar-refractivity contribution is 6.00. The van der Waals surface area contributed by atoms with E-state index in [1.165, 1.54) is 32.1 Å². The second kappa shape index (κ2) is 12.0. The summed E-state index contributed by atoms with van der Waals surface area (Å²) in [6.45, 7) is 1.57. The molecule has 0 heterocycles. The standard InChI is InChI=1S/C21H31N3O4/c1-16(14-20(25)22-17-8-6-4-3-5-7-9-17)23-24-21(26)15-28-19-12-10-18(27-2)11-13-19/h10-13,17H,3-9,14-15H2,1-2H3,(H,22,25)(H,24,26). The summed E-state index contributed by atoms with van der Waals surface area (Å²) in [5.74, 6) is 0.857. The highest BCUT2D eigenvalue weighted by atomic mass is 16.5. The van der Waals surface area contributed by atoms with Crippen molar-refractivity contribution in [2.75, 3.05) is 13.7 Å². The minimum atomic E-state index is -0.379. The Morgan fingerprint density at radius 2 is 1.61 bits per heavy atom. The van der Waals surface area contributed by atoms with E-state index in [9.17, 15) is 9.59 Å². The number of carbonyl (C=O) groups is 2. The van der Waals surface area contributed by atoms with Gasteiger partial charge in [-0.2, -0.15) is 5.10 Å². The molecular formula is C21H31N3O4. The van der Waals surface area contributed by atoms with Crippen molar-refractivity contribution in [3.05, 3.63) is 24.3 Å². The lowest BCUT2D eigenvalue weighted by molar-refractivity contribution is -0.123. The van der Waals surface area contributed by atoms with Gasteiger partial charge in [0, 0.05) is 11.8 Å². The molecule has 7 nitrogen and oxygen atoms in total. The second-order valence-electron chi connectivity index (χ2n) is 7.13. The maximum Gasteiger partial charge on any atom is 0.277 e. The molecule has 2 N–H and O–H groups in total. The number of hydrogen-bond donors (Lipinski definition) is 2. The molecule has 0 aromatic heterocycles. The molecule has 1 aliphatic rings. The molecule has 2 rings (SSSR count). The van der Waals surface area contributed by atoms with E-state index in [0.29, 0.717) is 11.5 Å². The fourth-order valence-electron chi connectivity index (χ4n) is 3.16. The molecule has 0 aliphatic heterocycles. The summed E-state index contributed by atoms with van der Waals surface area (Å²) < 4.78 is 10.5. The van der Waals surface area contributed by atoms with Gasteiger partial charge in [-0.1, -0.05) is 32.1 Å². The van der Waals surface area contributed by atoms with Crippen LogP contribution in [-0.4, -0.2) is 37.3 Å². The van der Waals surface area contributed by atoms with Crippen molar-refractivity contribution in [3.8, 4) is 11.5 Å². The average Bonchev–Trinajstić information content (AvgIpc) is 2.67. The molecule has 1 saturated carbocycles. The van der Waals surface area contributed by atoms with Crippen LogP contribution in [0.25, 0.3) is 0 Å². The Labute approximate surface area is 166 Å². The SMILES string of the molecule is COc1ccc(OCC(=O)NN=C(C)CC(=O)NC2CCCCCCC2)cc1. The maximum atomic E-state index is 12.2. The Bertz CT molecular complexity index is 650. The van der Waals surface area contributed by atoms with Crippen molar-refractivity contribution in [1.82, 2.24) is 10.7 Å². The zero-order valence-corrected chi connectivity index (χ0v) is 16.8. The number of rotatable bonds is 8. The molecule has 0 unspecified atom stereocenters. The molecule has 1 aromatic rings. The monoisotopic (exact) mass is 389 g/mol. The molecule has 2 amide bonds. The Balaban J connectivity index is 1.68. The lowest BCUT2D eigenvalue weighted by atomic mass is 9.96. The molecule has 0 spiro atoms. The first-order valence-corrected chi connectivity index (χ1v) is 9.95. The van der Waals surface area contributed by atoms with Crippen LogP contribution in [0, 0.1) is 0 Å². The van der Waals surface area contributed by atoms with Gasteiger partial charge in [0.25, 0.3) is 5.91 Å². The first-order chi connectivity index (χ1) is 13.6. The number of nitrogens with one attached hydrogen (secondary N) is 2. The largest absolute Gasteiger partial charge is 0.497 e. The smallest absolute Gasteiger partial charge is 0.277 e. The number of nitrogens with zero attached hydrogens (tertiary/aromatic N) is 1. The van der Waals surface area contributed by atoms with E-state index in [0.717, 1.165) is 18.6 Å². The topological polar surface area (TPSA) is 89.0 Å². The van der Waals surface area contributed by atoms with Gasteiger partial charge in [0.1, 0.15) is 11.5 Å². The van der Waals surface area contributed by atoms with Crippen LogP contribution in [0.3, 0.4) is 0 Å². The van der Waals surface area contributed by atoms with Crippen LogP contribution in [-0.2, 0) is 9.59 Å². The minimum absolute atomic E-state index is 0.0458. The molecule has 0 atom stereocenters. The van der Waals surface area contributed by atoms with Gasteiger partial charge < -0.3 is 14.8 Å². The Morgan fingerprint density at radius 3 is 2.25 bits per heavy atom. The number of benzene rings is 1. The predicted molar refractivity (Wildman–Crippen MR) is 109 cm³/mol. The second-order valence-corrected chi connectivity index (χ2v) is 7.13. The van der Waals surface area contributed by atoms with Gasteiger partial charge >= 0.3 is 0 Å². The van der Waals surface area contributed by atoms with E-state index in [-0.39, 0.29) is 30.9 Å². The van der Waals surface area contributed by atoms with Crippen molar-refractivity contribution in [1.29, 1.82) is 0 Å². The summed E-state index contributed by atoms with van der Waals surface area (Å²) in [6, 6.07) is 7.21. The third-order valence-corrected chi connectivity index (χ3v) is 4.69. The number of hydrogen-bond acceptors (Lipinski definition) is 5. The highest BCUT2D eigenvalue weighted by Crippen LogP contribution is 2.17. The first-order valence-electron chi connectivity index (χ1n) is 9.95. The van der Waals surface area contributed by atoms with Gasteiger partial charge in [-0.15, -0.1) is 0 Å². The van der Waals surface area contributed by atoms with Gasteiger partial charge in [0.15, 0.2) is 6.61 Å². The molecule has 1 aliphatic carbocycles. The Kier molecular flexibility index (Phi) is 9.31. The molecule has 0 saturated heterocycles. The number of carbonyl (C=O) groups excluding carboxylic acids is 2. The van der Waals surface area contributed by atoms with Crippen LogP contribution in [0.2, 0.25) is 0 Å². The van der Waals surface area contributed by atoms with Crippen LogP contribution >= 0.6 is 0 Å². The number of amides is 2. The molecule has 7 heteroatoms. The minimum Gasteiger partial charge on any atom is -0.497 e. The van der Waals surface area contributed by atoms with Crippen LogP contribution in [0.1, 0.15) is 58.3 Å². The fourth-order valence-corrected chi connectivity index (χ4v) is 3.16. The molecule has 1 aromatic carbocycles. The van der Waals surface area contributed by atoms with Crippen molar-refractivity contribution >= 4 is 17.5 Å². The van der Waals surface area contributed by atoms with E-state index in [1.807, 2.05) is 0 Å². The van der Waals surface area contributed by atoms with Gasteiger partial charge in [-0.05, 0) is 44.0 Å². The van der Waals surface area contributed by atoms with Gasteiger partial charge in [0.2, 0.25) is 5.91 Å². The van der Waals surface area contributed by atoms with E-state index < -0.39 is 0 Å². The normalized spacial score (nSPS) is 15.9. The van der Waals surface area contributed by atoms with Crippen molar-refractivity contribution in [2.24, 2.45) is 5.10 Å². The third kappa shape index (κ3) is 8.41. The molecule has 0 radical (unpaired) electrons. The van der Waals surface area contributed by atoms with Crippen LogP contribution in [0.4, 0.5) is 0 Å². The maximum absolute atomic E-state index is 12.2. The number of methoxy groups -OCH3 is 1. The summed E-state index contributed by atoms with van der Waals surface area (Å²) in [6.07, 6.45) is 8.40. The molecule has 154 valence electrons. The summed E-state index contributed by atoms with van der Waals surface area (Å²) in [5, 5.41) is 7.08. The van der Waals surface area contributed by atoms with Crippen LogP contribution < -0.4 is 20.2 Å². The quantitative estimate of drug-likeness (QED) is 0.528. The summed E-state index contributed by atoms with van der Waals surface area (Å²) >= 11 is 0. The van der Waals surface area contributed by atoms with Gasteiger partial charge in [-0.3, -0.25) is 9.59 Å². The molecule has 0 bridgehead atoms. The van der Waals surface area contributed by atoms with Gasteiger partial charge in [0.05, 0.1) is 13.5 Å². The van der Waals surface area contributed by atoms with Crippen LogP contribution in [0.15, 0.2) is 29.4 Å². The lowest BCUT2D eigenvalue weighted by Crippen LogP contribution is -2.36. The zero-order chi connectivity index (χ0) is 20.2. The van der Waals surface area contributed by atoms with Crippen molar-refractivity contribution < 1.29 is 19.1 Å². The lowest BCUT2D eigenvalue weighted by Gasteiger charge is -2.21. The van der Waals surface area contributed by atoms with E-state index in [1.54, 1.807) is 38.3 Å². The molecule has 1 fully saturated rings. The summed E-state index contributed by atoms with van der Waals surface area (Å²) in [4.78, 5) is 24.0. The Morgan fingerprint density at radius 1 is 1.00 bits per heavy atom.